The van der Waals surface area contributed by atoms with E-state index in [1.807, 2.05) is 13.8 Å². The molecule has 7 nitrogen and oxygen atoms in total. The molecule has 1 aliphatic rings. The Morgan fingerprint density at radius 2 is 1.94 bits per heavy atom. The summed E-state index contributed by atoms with van der Waals surface area (Å²) in [6, 6.07) is 11.4. The van der Waals surface area contributed by atoms with Crippen LogP contribution < -0.4 is 10.6 Å². The van der Waals surface area contributed by atoms with Crippen molar-refractivity contribution in [1.29, 1.82) is 0 Å². The van der Waals surface area contributed by atoms with Crippen molar-refractivity contribution in [1.82, 2.24) is 15.1 Å². The Labute approximate surface area is 187 Å². The zero-order chi connectivity index (χ0) is 23.2. The molecule has 1 aliphatic carbocycles. The van der Waals surface area contributed by atoms with Crippen molar-refractivity contribution in [2.45, 2.75) is 64.8 Å². The van der Waals surface area contributed by atoms with Gasteiger partial charge >= 0.3 is 12.1 Å². The van der Waals surface area contributed by atoms with E-state index in [9.17, 15) is 14.7 Å². The molecule has 0 radical (unpaired) electrons. The van der Waals surface area contributed by atoms with E-state index in [1.165, 1.54) is 11.1 Å². The van der Waals surface area contributed by atoms with Crippen molar-refractivity contribution in [3.8, 4) is 0 Å². The van der Waals surface area contributed by atoms with Gasteiger partial charge in [0.05, 0.1) is 22.9 Å². The molecule has 0 saturated carbocycles. The van der Waals surface area contributed by atoms with Gasteiger partial charge in [-0.2, -0.15) is 9.78 Å². The van der Waals surface area contributed by atoms with Gasteiger partial charge < -0.3 is 15.7 Å². The second kappa shape index (κ2) is 7.97. The number of anilines is 1. The first-order valence-electron chi connectivity index (χ1n) is 11.0. The van der Waals surface area contributed by atoms with Crippen LogP contribution in [-0.2, 0) is 11.8 Å². The number of nitrogens with one attached hydrogen (secondary N) is 2. The summed E-state index contributed by atoms with van der Waals surface area (Å²) >= 11 is 0. The van der Waals surface area contributed by atoms with E-state index in [1.54, 1.807) is 18.2 Å². The summed E-state index contributed by atoms with van der Waals surface area (Å²) in [5, 5.41) is 20.4. The standard InChI is InChI=1S/C25H30N4O3/c1-14(2)22-21-19(7-6-8-20(21)29(28-22)24(31)32)27-23(30)26-18-12-9-15-13-16(25(3,4)5)10-11-17(15)18/h6-8,10-11,13-14,18H,9,12H2,1-5H3,(H,31,32)(H2,26,27,30). The van der Waals surface area contributed by atoms with Crippen molar-refractivity contribution in [2.75, 3.05) is 5.32 Å². The van der Waals surface area contributed by atoms with Crippen molar-refractivity contribution in [3.05, 3.63) is 58.8 Å². The average molecular weight is 435 g/mol. The molecule has 3 aromatic rings. The minimum absolute atomic E-state index is 0.00262. The van der Waals surface area contributed by atoms with Crippen LogP contribution in [0.25, 0.3) is 10.9 Å². The summed E-state index contributed by atoms with van der Waals surface area (Å²) in [5.41, 5.74) is 5.48. The molecule has 4 rings (SSSR count). The Balaban J connectivity index is 1.58. The van der Waals surface area contributed by atoms with Crippen LogP contribution in [0.15, 0.2) is 36.4 Å². The maximum absolute atomic E-state index is 12.9. The Morgan fingerprint density at radius 1 is 1.19 bits per heavy atom. The van der Waals surface area contributed by atoms with Crippen LogP contribution in [-0.4, -0.2) is 27.0 Å². The molecule has 0 spiro atoms. The van der Waals surface area contributed by atoms with Crippen molar-refractivity contribution >= 4 is 28.7 Å². The number of nitrogens with zero attached hydrogens (tertiary/aromatic N) is 2. The fourth-order valence-corrected chi connectivity index (χ4v) is 4.40. The first-order chi connectivity index (χ1) is 15.1. The third-order valence-electron chi connectivity index (χ3n) is 6.10. The van der Waals surface area contributed by atoms with E-state index in [-0.39, 0.29) is 23.4 Å². The molecular weight excluding hydrogens is 404 g/mol. The van der Waals surface area contributed by atoms with Gasteiger partial charge in [-0.15, -0.1) is 0 Å². The number of urea groups is 1. The topological polar surface area (TPSA) is 96.2 Å². The number of hydrogen-bond donors (Lipinski definition) is 3. The summed E-state index contributed by atoms with van der Waals surface area (Å²) in [4.78, 5) is 24.5. The van der Waals surface area contributed by atoms with E-state index in [0.29, 0.717) is 22.3 Å². The molecule has 1 heterocycles. The van der Waals surface area contributed by atoms with Crippen LogP contribution in [0.5, 0.6) is 0 Å². The molecule has 2 amide bonds. The van der Waals surface area contributed by atoms with Crippen LogP contribution in [0.3, 0.4) is 0 Å². The third kappa shape index (κ3) is 3.95. The predicted octanol–water partition coefficient (Wildman–Crippen LogP) is 5.79. The number of fused-ring (bicyclic) bond motifs is 2. The molecule has 7 heteroatoms. The van der Waals surface area contributed by atoms with Gasteiger partial charge in [0.1, 0.15) is 0 Å². The number of carbonyl (C=O) groups is 2. The van der Waals surface area contributed by atoms with E-state index in [2.05, 4.69) is 54.7 Å². The maximum Gasteiger partial charge on any atom is 0.432 e. The van der Waals surface area contributed by atoms with Gasteiger partial charge in [0.25, 0.3) is 0 Å². The van der Waals surface area contributed by atoms with Crippen molar-refractivity contribution in [2.24, 2.45) is 0 Å². The van der Waals surface area contributed by atoms with Gasteiger partial charge in [-0.25, -0.2) is 9.59 Å². The lowest BCUT2D eigenvalue weighted by Gasteiger charge is -2.21. The number of amides is 2. The Bertz CT molecular complexity index is 1200. The molecule has 1 atom stereocenters. The summed E-state index contributed by atoms with van der Waals surface area (Å²) in [6.07, 6.45) is 0.637. The monoisotopic (exact) mass is 434 g/mol. The number of rotatable bonds is 3. The van der Waals surface area contributed by atoms with E-state index >= 15 is 0 Å². The minimum atomic E-state index is -1.15. The lowest BCUT2D eigenvalue weighted by atomic mass is 9.85. The molecule has 1 aromatic heterocycles. The maximum atomic E-state index is 12.9. The van der Waals surface area contributed by atoms with Gasteiger partial charge in [0.15, 0.2) is 0 Å². The van der Waals surface area contributed by atoms with Crippen LogP contribution in [0, 0.1) is 0 Å². The molecule has 0 bridgehead atoms. The first kappa shape index (κ1) is 21.9. The predicted molar refractivity (Wildman–Crippen MR) is 126 cm³/mol. The molecule has 0 fully saturated rings. The van der Waals surface area contributed by atoms with Gasteiger partial charge in [-0.1, -0.05) is 58.9 Å². The highest BCUT2D eigenvalue weighted by molar-refractivity contribution is 6.03. The first-order valence-corrected chi connectivity index (χ1v) is 11.0. The van der Waals surface area contributed by atoms with Crippen LogP contribution >= 0.6 is 0 Å². The smallest absolute Gasteiger partial charge is 0.432 e. The summed E-state index contributed by atoms with van der Waals surface area (Å²) in [5.74, 6) is 0.00262. The van der Waals surface area contributed by atoms with Gasteiger partial charge in [-0.05, 0) is 53.0 Å². The Kier molecular flexibility index (Phi) is 5.44. The lowest BCUT2D eigenvalue weighted by molar-refractivity contribution is 0.193. The van der Waals surface area contributed by atoms with Gasteiger partial charge in [0.2, 0.25) is 0 Å². The molecular formula is C25H30N4O3. The fraction of sp³-hybridized carbons (Fsp3) is 0.400. The summed E-state index contributed by atoms with van der Waals surface area (Å²) in [7, 11) is 0. The Morgan fingerprint density at radius 3 is 2.59 bits per heavy atom. The number of hydrogen-bond acceptors (Lipinski definition) is 3. The number of aromatic nitrogens is 2. The zero-order valence-electron chi connectivity index (χ0n) is 19.2. The largest absolute Gasteiger partial charge is 0.463 e. The summed E-state index contributed by atoms with van der Waals surface area (Å²) in [6.45, 7) is 10.5. The van der Waals surface area contributed by atoms with E-state index < -0.39 is 6.09 Å². The van der Waals surface area contributed by atoms with E-state index in [0.717, 1.165) is 23.1 Å². The molecule has 1 unspecified atom stereocenters. The SMILES string of the molecule is CC(C)c1nn(C(=O)O)c2cccc(NC(=O)NC3CCc4cc(C(C)(C)C)ccc43)c12. The molecule has 0 saturated heterocycles. The third-order valence-corrected chi connectivity index (χ3v) is 6.10. The lowest BCUT2D eigenvalue weighted by Crippen LogP contribution is -2.31. The van der Waals surface area contributed by atoms with Crippen molar-refractivity contribution in [3.63, 3.8) is 0 Å². The number of carbonyl (C=O) groups excluding carboxylic acids is 1. The normalized spacial score (nSPS) is 15.8. The zero-order valence-corrected chi connectivity index (χ0v) is 19.2. The van der Waals surface area contributed by atoms with Crippen LogP contribution in [0.4, 0.5) is 15.3 Å². The minimum Gasteiger partial charge on any atom is -0.463 e. The number of aryl methyl sites for hydroxylation is 1. The molecule has 2 aromatic carbocycles. The summed E-state index contributed by atoms with van der Waals surface area (Å²) < 4.78 is 0.966. The Hall–Kier alpha value is -3.35. The number of carboxylic acid groups (broad SMARTS) is 1. The molecule has 3 N–H and O–H groups in total. The van der Waals surface area contributed by atoms with Gasteiger partial charge in [-0.3, -0.25) is 0 Å². The quantitative estimate of drug-likeness (QED) is 0.486. The second-order valence-corrected chi connectivity index (χ2v) is 9.79. The van der Waals surface area contributed by atoms with Crippen molar-refractivity contribution < 1.29 is 14.7 Å². The second-order valence-electron chi connectivity index (χ2n) is 9.79. The molecule has 168 valence electrons. The highest BCUT2D eigenvalue weighted by atomic mass is 16.4. The molecule has 32 heavy (non-hydrogen) atoms. The fourth-order valence-electron chi connectivity index (χ4n) is 4.40. The van der Waals surface area contributed by atoms with Crippen LogP contribution in [0.2, 0.25) is 0 Å². The molecule has 0 aliphatic heterocycles. The van der Waals surface area contributed by atoms with Crippen LogP contribution in [0.1, 0.15) is 75.4 Å². The highest BCUT2D eigenvalue weighted by Crippen LogP contribution is 2.35. The van der Waals surface area contributed by atoms with E-state index in [4.69, 9.17) is 0 Å². The number of benzene rings is 2. The average Bonchev–Trinajstić information content (AvgIpc) is 3.29. The highest BCUT2D eigenvalue weighted by Gasteiger charge is 2.27. The van der Waals surface area contributed by atoms with Gasteiger partial charge in [0, 0.05) is 5.39 Å².